The number of hydrogen-bond donors (Lipinski definition) is 1. The molecule has 22 heavy (non-hydrogen) atoms. The summed E-state index contributed by atoms with van der Waals surface area (Å²) in [6.45, 7) is 3.77. The van der Waals surface area contributed by atoms with E-state index < -0.39 is 5.54 Å². The van der Waals surface area contributed by atoms with E-state index in [9.17, 15) is 4.79 Å². The lowest BCUT2D eigenvalue weighted by molar-refractivity contribution is -0.109. The van der Waals surface area contributed by atoms with Crippen molar-refractivity contribution >= 4 is 34.7 Å². The summed E-state index contributed by atoms with van der Waals surface area (Å²) in [5.41, 5.74) is 3.12. The molecule has 0 radical (unpaired) electrons. The second-order valence-corrected chi connectivity index (χ2v) is 6.03. The Morgan fingerprint density at radius 1 is 1.50 bits per heavy atom. The first kappa shape index (κ1) is 16.1. The number of nitriles is 1. The first-order chi connectivity index (χ1) is 10.5. The number of nitrogens with zero attached hydrogens (tertiary/aromatic N) is 5. The highest BCUT2D eigenvalue weighted by atomic mass is 127. The minimum Gasteiger partial charge on any atom is -0.277 e. The highest BCUT2D eigenvalue weighted by molar-refractivity contribution is 14.1. The van der Waals surface area contributed by atoms with Gasteiger partial charge in [-0.3, -0.25) is 4.79 Å². The van der Waals surface area contributed by atoms with Crippen LogP contribution in [-0.4, -0.2) is 26.9 Å². The number of carbonyl (C=O) groups excluding carboxylic acids is 1. The predicted molar refractivity (Wildman–Crippen MR) is 89.0 cm³/mol. The fourth-order valence-electron chi connectivity index (χ4n) is 1.96. The third-order valence-corrected chi connectivity index (χ3v) is 4.04. The molecular weight excluding hydrogens is 395 g/mol. The Labute approximate surface area is 141 Å². The molecule has 1 aromatic heterocycles. The van der Waals surface area contributed by atoms with Gasteiger partial charge in [0.1, 0.15) is 17.9 Å². The van der Waals surface area contributed by atoms with Gasteiger partial charge >= 0.3 is 0 Å². The number of amides is 1. The van der Waals surface area contributed by atoms with Crippen LogP contribution in [0.1, 0.15) is 25.2 Å². The van der Waals surface area contributed by atoms with E-state index in [1.807, 2.05) is 44.2 Å². The molecule has 1 N–H and O–H groups in total. The SMILES string of the molecule is CC(C)(C(=NNC=O)c1ccccc1I)n1cnc(C#N)n1. The number of hydrogen-bond acceptors (Lipinski definition) is 5. The molecule has 2 aromatic rings. The molecule has 7 nitrogen and oxygen atoms in total. The van der Waals surface area contributed by atoms with Gasteiger partial charge in [-0.15, -0.1) is 5.10 Å². The normalized spacial score (nSPS) is 11.8. The molecule has 0 atom stereocenters. The van der Waals surface area contributed by atoms with Gasteiger partial charge in [-0.1, -0.05) is 18.2 Å². The van der Waals surface area contributed by atoms with Crippen LogP contribution in [0.2, 0.25) is 0 Å². The molecule has 0 aliphatic rings. The van der Waals surface area contributed by atoms with Crippen molar-refractivity contribution in [3.05, 3.63) is 45.6 Å². The Bertz CT molecular complexity index is 759. The summed E-state index contributed by atoms with van der Waals surface area (Å²) in [4.78, 5) is 14.6. The smallest absolute Gasteiger partial charge is 0.252 e. The van der Waals surface area contributed by atoms with E-state index in [2.05, 4.69) is 43.2 Å². The Morgan fingerprint density at radius 2 is 2.23 bits per heavy atom. The van der Waals surface area contributed by atoms with Crippen molar-refractivity contribution < 1.29 is 4.79 Å². The molecule has 0 saturated heterocycles. The van der Waals surface area contributed by atoms with Gasteiger partial charge in [-0.2, -0.15) is 10.4 Å². The van der Waals surface area contributed by atoms with Crippen LogP contribution in [0, 0.1) is 14.9 Å². The number of rotatable bonds is 5. The zero-order chi connectivity index (χ0) is 16.2. The Morgan fingerprint density at radius 3 is 2.82 bits per heavy atom. The van der Waals surface area contributed by atoms with Gasteiger partial charge < -0.3 is 0 Å². The fourth-order valence-corrected chi connectivity index (χ4v) is 2.61. The van der Waals surface area contributed by atoms with Crippen molar-refractivity contribution in [1.82, 2.24) is 20.2 Å². The van der Waals surface area contributed by atoms with Crippen LogP contribution in [0.5, 0.6) is 0 Å². The molecule has 1 amide bonds. The molecule has 0 spiro atoms. The zero-order valence-corrected chi connectivity index (χ0v) is 14.1. The first-order valence-electron chi connectivity index (χ1n) is 6.35. The van der Waals surface area contributed by atoms with Crippen LogP contribution in [0.15, 0.2) is 35.7 Å². The quantitative estimate of drug-likeness (QED) is 0.352. The van der Waals surface area contributed by atoms with Crippen molar-refractivity contribution in [2.75, 3.05) is 0 Å². The van der Waals surface area contributed by atoms with Crippen molar-refractivity contribution in [2.24, 2.45) is 5.10 Å². The number of halogens is 1. The van der Waals surface area contributed by atoms with Crippen molar-refractivity contribution in [3.63, 3.8) is 0 Å². The molecule has 0 aliphatic carbocycles. The predicted octanol–water partition coefficient (Wildman–Crippen LogP) is 1.64. The van der Waals surface area contributed by atoms with Crippen molar-refractivity contribution in [2.45, 2.75) is 19.4 Å². The average Bonchev–Trinajstić information content (AvgIpc) is 2.99. The van der Waals surface area contributed by atoms with Gasteiger partial charge in [0.15, 0.2) is 0 Å². The molecule has 1 heterocycles. The van der Waals surface area contributed by atoms with E-state index in [4.69, 9.17) is 5.26 Å². The second kappa shape index (κ2) is 6.65. The summed E-state index contributed by atoms with van der Waals surface area (Å²) in [6.07, 6.45) is 1.98. The Balaban J connectivity index is 2.56. The molecule has 0 bridgehead atoms. The lowest BCUT2D eigenvalue weighted by atomic mass is 9.92. The summed E-state index contributed by atoms with van der Waals surface area (Å²) in [6, 6.07) is 9.58. The van der Waals surface area contributed by atoms with Gasteiger partial charge in [-0.05, 0) is 42.5 Å². The standard InChI is InChI=1S/C14H13IN6O/c1-14(2,21-8-17-12(7-16)20-21)13(19-18-9-22)10-5-3-4-6-11(10)15/h3-6,8-9H,1-2H3,(H,18,22). The summed E-state index contributed by atoms with van der Waals surface area (Å²) in [5.74, 6) is 0.0820. The monoisotopic (exact) mass is 408 g/mol. The summed E-state index contributed by atoms with van der Waals surface area (Å²) >= 11 is 2.20. The van der Waals surface area contributed by atoms with Crippen LogP contribution in [-0.2, 0) is 10.3 Å². The number of carbonyl (C=O) groups is 1. The van der Waals surface area contributed by atoms with E-state index >= 15 is 0 Å². The van der Waals surface area contributed by atoms with E-state index in [0.29, 0.717) is 12.1 Å². The van der Waals surface area contributed by atoms with E-state index in [1.165, 1.54) is 6.33 Å². The maximum Gasteiger partial charge on any atom is 0.252 e. The lowest BCUT2D eigenvalue weighted by Crippen LogP contribution is -2.38. The molecule has 1 aromatic carbocycles. The topological polar surface area (TPSA) is 96.0 Å². The number of aromatic nitrogens is 3. The maximum absolute atomic E-state index is 10.6. The second-order valence-electron chi connectivity index (χ2n) is 4.87. The molecule has 0 unspecified atom stereocenters. The fraction of sp³-hybridized carbons (Fsp3) is 0.214. The van der Waals surface area contributed by atoms with Gasteiger partial charge in [-0.25, -0.2) is 15.1 Å². The first-order valence-corrected chi connectivity index (χ1v) is 7.43. The van der Waals surface area contributed by atoms with Crippen LogP contribution < -0.4 is 5.43 Å². The molecular formula is C14H13IN6O. The number of benzene rings is 1. The lowest BCUT2D eigenvalue weighted by Gasteiger charge is -2.27. The van der Waals surface area contributed by atoms with Gasteiger partial charge in [0.25, 0.3) is 5.82 Å². The highest BCUT2D eigenvalue weighted by Crippen LogP contribution is 2.24. The average molecular weight is 408 g/mol. The maximum atomic E-state index is 10.6. The van der Waals surface area contributed by atoms with Gasteiger partial charge in [0, 0.05) is 9.13 Å². The van der Waals surface area contributed by atoms with E-state index in [-0.39, 0.29) is 5.82 Å². The van der Waals surface area contributed by atoms with Gasteiger partial charge in [0.2, 0.25) is 6.41 Å². The van der Waals surface area contributed by atoms with Crippen molar-refractivity contribution in [1.29, 1.82) is 5.26 Å². The van der Waals surface area contributed by atoms with Crippen LogP contribution in [0.4, 0.5) is 0 Å². The summed E-state index contributed by atoms with van der Waals surface area (Å²) < 4.78 is 2.54. The number of nitrogens with one attached hydrogen (secondary N) is 1. The molecule has 0 saturated carbocycles. The van der Waals surface area contributed by atoms with Gasteiger partial charge in [0.05, 0.1) is 5.71 Å². The minimum atomic E-state index is -0.709. The summed E-state index contributed by atoms with van der Waals surface area (Å²) in [7, 11) is 0. The molecule has 0 aliphatic heterocycles. The van der Waals surface area contributed by atoms with E-state index in [1.54, 1.807) is 4.68 Å². The third-order valence-electron chi connectivity index (χ3n) is 3.10. The van der Waals surface area contributed by atoms with Crippen molar-refractivity contribution in [3.8, 4) is 6.07 Å². The van der Waals surface area contributed by atoms with Crippen LogP contribution >= 0.6 is 22.6 Å². The highest BCUT2D eigenvalue weighted by Gasteiger charge is 2.31. The number of hydrazone groups is 1. The van der Waals surface area contributed by atoms with Crippen LogP contribution in [0.25, 0.3) is 0 Å². The molecule has 0 fully saturated rings. The molecule has 2 rings (SSSR count). The minimum absolute atomic E-state index is 0.0820. The van der Waals surface area contributed by atoms with E-state index in [0.717, 1.165) is 9.13 Å². The largest absolute Gasteiger partial charge is 0.277 e. The zero-order valence-electron chi connectivity index (χ0n) is 12.0. The molecule has 112 valence electrons. The summed E-state index contributed by atoms with van der Waals surface area (Å²) in [5, 5.41) is 17.2. The molecule has 8 heteroatoms. The Hall–Kier alpha value is -2.28. The third kappa shape index (κ3) is 3.14. The van der Waals surface area contributed by atoms with Crippen LogP contribution in [0.3, 0.4) is 0 Å². The Kier molecular flexibility index (Phi) is 4.87.